The van der Waals surface area contributed by atoms with Crippen LogP contribution in [0.1, 0.15) is 11.1 Å². The molecular weight excluding hydrogens is 336 g/mol. The maximum atomic E-state index is 14.5. The number of aliphatic imine (C=N–C) groups is 1. The number of halogens is 2. The standard InChI is InChI=1S/C19H11F2N5/c20-12-5-3-6-13(21)15(12)16-11-8-9-26-18(11)17(24-19(22)25-26)10-4-1-2-7-14(10)23-16/h1-9H,(H2,22,25). The number of nitrogens with two attached hydrogens (primary N) is 1. The van der Waals surface area contributed by atoms with E-state index in [9.17, 15) is 8.78 Å². The fraction of sp³-hybridized carbons (Fsp3) is 0. The lowest BCUT2D eigenvalue weighted by atomic mass is 10.0. The number of anilines is 1. The first-order valence-corrected chi connectivity index (χ1v) is 7.91. The van der Waals surface area contributed by atoms with Crippen LogP contribution >= 0.6 is 0 Å². The lowest BCUT2D eigenvalue weighted by molar-refractivity contribution is 0.579. The normalized spacial score (nSPS) is 12.6. The molecule has 26 heavy (non-hydrogen) atoms. The molecule has 0 spiro atoms. The van der Waals surface area contributed by atoms with Gasteiger partial charge in [0.1, 0.15) is 22.8 Å². The molecule has 0 amide bonds. The van der Waals surface area contributed by atoms with Gasteiger partial charge in [-0.25, -0.2) is 23.3 Å². The number of nitrogens with zero attached hydrogens (tertiary/aromatic N) is 4. The van der Waals surface area contributed by atoms with Crippen molar-refractivity contribution in [1.29, 1.82) is 0 Å². The minimum Gasteiger partial charge on any atom is -0.367 e. The highest BCUT2D eigenvalue weighted by atomic mass is 19.1. The van der Waals surface area contributed by atoms with Gasteiger partial charge in [-0.15, -0.1) is 5.10 Å². The lowest BCUT2D eigenvalue weighted by Gasteiger charge is -2.08. The van der Waals surface area contributed by atoms with Gasteiger partial charge in [0, 0.05) is 17.3 Å². The fourth-order valence-electron chi connectivity index (χ4n) is 3.29. The van der Waals surface area contributed by atoms with Gasteiger partial charge in [0.2, 0.25) is 5.95 Å². The quantitative estimate of drug-likeness (QED) is 0.502. The molecule has 126 valence electrons. The van der Waals surface area contributed by atoms with Crippen molar-refractivity contribution in [2.75, 3.05) is 5.73 Å². The molecule has 3 heterocycles. The Kier molecular flexibility index (Phi) is 2.94. The van der Waals surface area contributed by atoms with Crippen molar-refractivity contribution in [3.05, 3.63) is 77.5 Å². The van der Waals surface area contributed by atoms with Gasteiger partial charge < -0.3 is 5.73 Å². The van der Waals surface area contributed by atoms with Gasteiger partial charge in [-0.3, -0.25) is 0 Å². The summed E-state index contributed by atoms with van der Waals surface area (Å²) in [4.78, 5) is 8.95. The third-order valence-electron chi connectivity index (χ3n) is 4.37. The number of fused-ring (bicyclic) bond motifs is 2. The van der Waals surface area contributed by atoms with E-state index in [2.05, 4.69) is 15.1 Å². The molecule has 0 unspecified atom stereocenters. The van der Waals surface area contributed by atoms with Gasteiger partial charge in [-0.1, -0.05) is 24.3 Å². The lowest BCUT2D eigenvalue weighted by Crippen LogP contribution is -2.09. The van der Waals surface area contributed by atoms with E-state index in [-0.39, 0.29) is 17.2 Å². The van der Waals surface area contributed by atoms with Crippen LogP contribution in [0.3, 0.4) is 0 Å². The van der Waals surface area contributed by atoms with E-state index in [1.807, 2.05) is 18.2 Å². The predicted molar refractivity (Wildman–Crippen MR) is 94.5 cm³/mol. The molecule has 1 aliphatic heterocycles. The molecule has 0 saturated carbocycles. The van der Waals surface area contributed by atoms with E-state index in [0.717, 1.165) is 5.56 Å². The predicted octanol–water partition coefficient (Wildman–Crippen LogP) is 3.74. The SMILES string of the molecule is Nc1nc2c3c(ccn3n1)C(c1c(F)cccc1F)=Nc1ccccc1-2. The molecule has 0 radical (unpaired) electrons. The topological polar surface area (TPSA) is 68.6 Å². The van der Waals surface area contributed by atoms with Crippen LogP contribution in [-0.4, -0.2) is 20.3 Å². The average molecular weight is 347 g/mol. The third kappa shape index (κ3) is 1.97. The Bertz CT molecular complexity index is 1210. The van der Waals surface area contributed by atoms with Crippen LogP contribution in [0.4, 0.5) is 20.4 Å². The summed E-state index contributed by atoms with van der Waals surface area (Å²) in [7, 11) is 0. The number of rotatable bonds is 1. The average Bonchev–Trinajstić information content (AvgIpc) is 2.98. The van der Waals surface area contributed by atoms with Crippen molar-refractivity contribution in [1.82, 2.24) is 14.6 Å². The zero-order chi connectivity index (χ0) is 17.8. The van der Waals surface area contributed by atoms with E-state index >= 15 is 0 Å². The molecular formula is C19H11F2N5. The highest BCUT2D eigenvalue weighted by Crippen LogP contribution is 2.38. The summed E-state index contributed by atoms with van der Waals surface area (Å²) in [6.45, 7) is 0. The van der Waals surface area contributed by atoms with Gasteiger partial charge in [-0.05, 0) is 24.3 Å². The van der Waals surface area contributed by atoms with Crippen molar-refractivity contribution < 1.29 is 8.78 Å². The molecule has 4 aromatic rings. The van der Waals surface area contributed by atoms with Crippen molar-refractivity contribution in [2.45, 2.75) is 0 Å². The zero-order valence-corrected chi connectivity index (χ0v) is 13.3. The van der Waals surface area contributed by atoms with Gasteiger partial charge >= 0.3 is 0 Å². The number of nitrogen functional groups attached to an aromatic ring is 1. The summed E-state index contributed by atoms with van der Waals surface area (Å²) in [6.07, 6.45) is 1.68. The van der Waals surface area contributed by atoms with Crippen LogP contribution in [0.25, 0.3) is 16.8 Å². The molecule has 2 aromatic carbocycles. The van der Waals surface area contributed by atoms with Gasteiger partial charge in [0.15, 0.2) is 0 Å². The number of para-hydroxylation sites is 1. The van der Waals surface area contributed by atoms with Crippen molar-refractivity contribution in [2.24, 2.45) is 4.99 Å². The molecule has 7 heteroatoms. The third-order valence-corrected chi connectivity index (χ3v) is 4.37. The second kappa shape index (κ2) is 5.19. The summed E-state index contributed by atoms with van der Waals surface area (Å²) < 4.78 is 30.5. The van der Waals surface area contributed by atoms with E-state index < -0.39 is 11.6 Å². The minimum atomic E-state index is -0.680. The minimum absolute atomic E-state index is 0.102. The number of benzene rings is 2. The Morgan fingerprint density at radius 2 is 1.65 bits per heavy atom. The first-order chi connectivity index (χ1) is 12.6. The zero-order valence-electron chi connectivity index (χ0n) is 13.3. The summed E-state index contributed by atoms with van der Waals surface area (Å²) in [6, 6.07) is 12.7. The molecule has 0 atom stereocenters. The largest absolute Gasteiger partial charge is 0.367 e. The summed E-state index contributed by atoms with van der Waals surface area (Å²) in [5.41, 5.74) is 8.85. The second-order valence-electron chi connectivity index (χ2n) is 5.92. The Hall–Kier alpha value is -3.61. The molecule has 5 nitrogen and oxygen atoms in total. The first-order valence-electron chi connectivity index (χ1n) is 7.91. The van der Waals surface area contributed by atoms with Crippen LogP contribution in [0.15, 0.2) is 59.7 Å². The molecule has 0 saturated heterocycles. The summed E-state index contributed by atoms with van der Waals surface area (Å²) >= 11 is 0. The number of aromatic nitrogens is 3. The molecule has 2 aromatic heterocycles. The summed E-state index contributed by atoms with van der Waals surface area (Å²) in [5, 5.41) is 4.17. The van der Waals surface area contributed by atoms with E-state index in [4.69, 9.17) is 5.73 Å². The Labute approximate surface area is 146 Å². The van der Waals surface area contributed by atoms with E-state index in [0.29, 0.717) is 22.5 Å². The number of hydrogen-bond donors (Lipinski definition) is 1. The molecule has 5 rings (SSSR count). The maximum Gasteiger partial charge on any atom is 0.238 e. The highest BCUT2D eigenvalue weighted by Gasteiger charge is 2.26. The monoisotopic (exact) mass is 347 g/mol. The highest BCUT2D eigenvalue weighted by molar-refractivity contribution is 6.21. The van der Waals surface area contributed by atoms with Crippen LogP contribution in [0.5, 0.6) is 0 Å². The Morgan fingerprint density at radius 3 is 2.46 bits per heavy atom. The van der Waals surface area contributed by atoms with Gasteiger partial charge in [0.05, 0.1) is 17.0 Å². The van der Waals surface area contributed by atoms with Crippen molar-refractivity contribution in [3.8, 4) is 11.3 Å². The summed E-state index contributed by atoms with van der Waals surface area (Å²) in [5.74, 6) is -1.26. The maximum absolute atomic E-state index is 14.5. The van der Waals surface area contributed by atoms with Crippen LogP contribution in [-0.2, 0) is 0 Å². The molecule has 2 N–H and O–H groups in total. The Balaban J connectivity index is 1.97. The number of hydrogen-bond acceptors (Lipinski definition) is 4. The van der Waals surface area contributed by atoms with Crippen LogP contribution in [0.2, 0.25) is 0 Å². The van der Waals surface area contributed by atoms with E-state index in [1.165, 1.54) is 18.2 Å². The molecule has 0 fully saturated rings. The van der Waals surface area contributed by atoms with Crippen molar-refractivity contribution in [3.63, 3.8) is 0 Å². The van der Waals surface area contributed by atoms with E-state index in [1.54, 1.807) is 22.8 Å². The molecule has 0 aliphatic carbocycles. The van der Waals surface area contributed by atoms with Crippen LogP contribution in [0, 0.1) is 11.6 Å². The second-order valence-corrected chi connectivity index (χ2v) is 5.92. The van der Waals surface area contributed by atoms with Crippen molar-refractivity contribution >= 4 is 22.9 Å². The van der Waals surface area contributed by atoms with Gasteiger partial charge in [0.25, 0.3) is 0 Å². The van der Waals surface area contributed by atoms with Gasteiger partial charge in [-0.2, -0.15) is 0 Å². The smallest absolute Gasteiger partial charge is 0.238 e. The Morgan fingerprint density at radius 1 is 0.885 bits per heavy atom. The molecule has 1 aliphatic rings. The fourth-order valence-corrected chi connectivity index (χ4v) is 3.29. The van der Waals surface area contributed by atoms with Crippen LogP contribution < -0.4 is 5.73 Å². The first kappa shape index (κ1) is 14.7. The molecule has 0 bridgehead atoms.